The molecule has 0 aromatic heterocycles. The number of benzene rings is 1. The van der Waals surface area contributed by atoms with E-state index in [-0.39, 0.29) is 6.42 Å². The van der Waals surface area contributed by atoms with Crippen LogP contribution in [0, 0.1) is 0 Å². The highest BCUT2D eigenvalue weighted by molar-refractivity contribution is 5.91. The number of amides is 2. The summed E-state index contributed by atoms with van der Waals surface area (Å²) in [5, 5.41) is 31.6. The normalized spacial score (nSPS) is 14.3. The number of aliphatic hydroxyl groups excluding tert-OH is 2. The number of rotatable bonds is 9. The van der Waals surface area contributed by atoms with Crippen molar-refractivity contribution in [3.63, 3.8) is 0 Å². The van der Waals surface area contributed by atoms with Gasteiger partial charge in [-0.1, -0.05) is 30.3 Å². The summed E-state index contributed by atoms with van der Waals surface area (Å²) >= 11 is 0. The molecule has 9 nitrogen and oxygen atoms in total. The lowest BCUT2D eigenvalue weighted by Crippen LogP contribution is -2.56. The first-order valence-corrected chi connectivity index (χ1v) is 7.23. The van der Waals surface area contributed by atoms with Crippen LogP contribution in [0.15, 0.2) is 30.3 Å². The quantitative estimate of drug-likeness (QED) is 0.292. The summed E-state index contributed by atoms with van der Waals surface area (Å²) in [6.45, 7) is -1.37. The Labute approximate surface area is 138 Å². The maximum atomic E-state index is 12.1. The van der Waals surface area contributed by atoms with Crippen molar-refractivity contribution >= 4 is 17.8 Å². The SMILES string of the molecule is NC(CO)C(=O)NC(CO)C(=O)NC(Cc1ccccc1)C(=O)O. The highest BCUT2D eigenvalue weighted by Gasteiger charge is 2.27. The Morgan fingerprint density at radius 3 is 2.04 bits per heavy atom. The Morgan fingerprint density at radius 2 is 1.54 bits per heavy atom. The first kappa shape index (κ1) is 19.6. The van der Waals surface area contributed by atoms with Crippen LogP contribution in [0.4, 0.5) is 0 Å². The maximum Gasteiger partial charge on any atom is 0.326 e. The van der Waals surface area contributed by atoms with Crippen LogP contribution in [-0.4, -0.2) is 64.4 Å². The fourth-order valence-electron chi connectivity index (χ4n) is 1.88. The second-order valence-corrected chi connectivity index (χ2v) is 5.12. The van der Waals surface area contributed by atoms with Crippen molar-refractivity contribution < 1.29 is 29.7 Å². The lowest BCUT2D eigenvalue weighted by Gasteiger charge is -2.21. The van der Waals surface area contributed by atoms with Gasteiger partial charge in [-0.15, -0.1) is 0 Å². The lowest BCUT2D eigenvalue weighted by molar-refractivity contribution is -0.142. The van der Waals surface area contributed by atoms with Crippen LogP contribution in [0.5, 0.6) is 0 Å². The summed E-state index contributed by atoms with van der Waals surface area (Å²) in [5.41, 5.74) is 6.01. The van der Waals surface area contributed by atoms with Gasteiger partial charge in [0.15, 0.2) is 0 Å². The number of carbonyl (C=O) groups excluding carboxylic acids is 2. The van der Waals surface area contributed by atoms with Gasteiger partial charge in [-0.25, -0.2) is 4.79 Å². The second-order valence-electron chi connectivity index (χ2n) is 5.12. The molecule has 0 radical (unpaired) electrons. The first-order chi connectivity index (χ1) is 11.4. The Hall–Kier alpha value is -2.49. The van der Waals surface area contributed by atoms with Crippen molar-refractivity contribution in [3.05, 3.63) is 35.9 Å². The number of aliphatic hydroxyl groups is 2. The van der Waals surface area contributed by atoms with Gasteiger partial charge in [-0.05, 0) is 5.56 Å². The van der Waals surface area contributed by atoms with Gasteiger partial charge in [0.05, 0.1) is 13.2 Å². The third-order valence-corrected chi connectivity index (χ3v) is 3.25. The zero-order valence-corrected chi connectivity index (χ0v) is 12.9. The van der Waals surface area contributed by atoms with Gasteiger partial charge in [0, 0.05) is 6.42 Å². The van der Waals surface area contributed by atoms with Crippen LogP contribution >= 0.6 is 0 Å². The van der Waals surface area contributed by atoms with Gasteiger partial charge >= 0.3 is 5.97 Å². The van der Waals surface area contributed by atoms with Gasteiger partial charge in [-0.3, -0.25) is 9.59 Å². The molecule has 9 heteroatoms. The van der Waals surface area contributed by atoms with E-state index in [1.807, 2.05) is 0 Å². The zero-order chi connectivity index (χ0) is 18.1. The number of nitrogens with one attached hydrogen (secondary N) is 2. The van der Waals surface area contributed by atoms with Crippen molar-refractivity contribution in [1.29, 1.82) is 0 Å². The van der Waals surface area contributed by atoms with Gasteiger partial charge in [0.25, 0.3) is 0 Å². The van der Waals surface area contributed by atoms with Crippen molar-refractivity contribution in [3.8, 4) is 0 Å². The molecule has 3 atom stereocenters. The van der Waals surface area contributed by atoms with Crippen molar-refractivity contribution in [2.75, 3.05) is 13.2 Å². The van der Waals surface area contributed by atoms with Crippen LogP contribution < -0.4 is 16.4 Å². The molecule has 0 fully saturated rings. The van der Waals surface area contributed by atoms with E-state index in [0.717, 1.165) is 0 Å². The highest BCUT2D eigenvalue weighted by Crippen LogP contribution is 2.04. The Kier molecular flexibility index (Phi) is 7.83. The van der Waals surface area contributed by atoms with Crippen molar-refractivity contribution in [2.24, 2.45) is 5.73 Å². The van der Waals surface area contributed by atoms with Gasteiger partial charge in [0.2, 0.25) is 11.8 Å². The van der Waals surface area contributed by atoms with Crippen molar-refractivity contribution in [2.45, 2.75) is 24.5 Å². The molecule has 0 bridgehead atoms. The number of aliphatic carboxylic acids is 1. The summed E-state index contributed by atoms with van der Waals surface area (Å²) in [6.07, 6.45) is 0.0458. The number of hydrogen-bond acceptors (Lipinski definition) is 6. The molecule has 24 heavy (non-hydrogen) atoms. The summed E-state index contributed by atoms with van der Waals surface area (Å²) in [7, 11) is 0. The summed E-state index contributed by atoms with van der Waals surface area (Å²) < 4.78 is 0. The predicted octanol–water partition coefficient (Wildman–Crippen LogP) is -2.40. The molecular formula is C15H21N3O6. The predicted molar refractivity (Wildman–Crippen MR) is 83.8 cm³/mol. The zero-order valence-electron chi connectivity index (χ0n) is 12.9. The Bertz CT molecular complexity index is 566. The standard InChI is InChI=1S/C15H21N3O6/c16-10(7-19)13(21)18-12(8-20)14(22)17-11(15(23)24)6-9-4-2-1-3-5-9/h1-5,10-12,19-20H,6-8,16H2,(H,17,22)(H,18,21)(H,23,24). The molecule has 132 valence electrons. The van der Waals surface area contributed by atoms with Gasteiger partial charge in [0.1, 0.15) is 18.1 Å². The first-order valence-electron chi connectivity index (χ1n) is 7.23. The monoisotopic (exact) mass is 339 g/mol. The molecule has 0 aliphatic heterocycles. The third kappa shape index (κ3) is 5.95. The van der Waals surface area contributed by atoms with Gasteiger partial charge < -0.3 is 31.7 Å². The fourth-order valence-corrected chi connectivity index (χ4v) is 1.88. The molecule has 1 aromatic rings. The molecule has 0 heterocycles. The number of nitrogens with two attached hydrogens (primary N) is 1. The van der Waals surface area contributed by atoms with Crippen LogP contribution in [0.25, 0.3) is 0 Å². The van der Waals surface area contributed by atoms with E-state index >= 15 is 0 Å². The third-order valence-electron chi connectivity index (χ3n) is 3.25. The lowest BCUT2D eigenvalue weighted by atomic mass is 10.1. The fraction of sp³-hybridized carbons (Fsp3) is 0.400. The van der Waals surface area contributed by atoms with Crippen LogP contribution in [-0.2, 0) is 20.8 Å². The van der Waals surface area contributed by atoms with E-state index in [4.69, 9.17) is 10.8 Å². The highest BCUT2D eigenvalue weighted by atomic mass is 16.4. The van der Waals surface area contributed by atoms with E-state index in [2.05, 4.69) is 10.6 Å². The van der Waals surface area contributed by atoms with Gasteiger partial charge in [-0.2, -0.15) is 0 Å². The van der Waals surface area contributed by atoms with E-state index in [9.17, 15) is 24.6 Å². The number of hydrogen-bond donors (Lipinski definition) is 6. The molecule has 7 N–H and O–H groups in total. The minimum atomic E-state index is -1.37. The molecular weight excluding hydrogens is 318 g/mol. The Balaban J connectivity index is 2.72. The van der Waals surface area contributed by atoms with Crippen LogP contribution in [0.3, 0.4) is 0 Å². The molecule has 3 unspecified atom stereocenters. The minimum Gasteiger partial charge on any atom is -0.480 e. The molecule has 0 saturated heterocycles. The molecule has 1 rings (SSSR count). The molecule has 0 spiro atoms. The maximum absolute atomic E-state index is 12.1. The smallest absolute Gasteiger partial charge is 0.326 e. The largest absolute Gasteiger partial charge is 0.480 e. The second kappa shape index (κ2) is 9.60. The topological polar surface area (TPSA) is 162 Å². The van der Waals surface area contributed by atoms with Crippen molar-refractivity contribution in [1.82, 2.24) is 10.6 Å². The Morgan fingerprint density at radius 1 is 0.958 bits per heavy atom. The molecule has 0 saturated carbocycles. The molecule has 1 aromatic carbocycles. The number of carbonyl (C=O) groups is 3. The van der Waals surface area contributed by atoms with E-state index in [0.29, 0.717) is 5.56 Å². The number of carboxylic acid groups (broad SMARTS) is 1. The average Bonchev–Trinajstić information content (AvgIpc) is 2.58. The number of carboxylic acids is 1. The average molecular weight is 339 g/mol. The summed E-state index contributed by atoms with van der Waals surface area (Å²) in [6, 6.07) is 4.85. The van der Waals surface area contributed by atoms with E-state index in [1.165, 1.54) is 0 Å². The molecule has 0 aliphatic rings. The van der Waals surface area contributed by atoms with Crippen LogP contribution in [0.2, 0.25) is 0 Å². The van der Waals surface area contributed by atoms with Crippen LogP contribution in [0.1, 0.15) is 5.56 Å². The molecule has 2 amide bonds. The summed E-state index contributed by atoms with van der Waals surface area (Å²) in [4.78, 5) is 34.9. The minimum absolute atomic E-state index is 0.0458. The van der Waals surface area contributed by atoms with E-state index in [1.54, 1.807) is 30.3 Å². The van der Waals surface area contributed by atoms with E-state index < -0.39 is 49.1 Å². The molecule has 0 aliphatic carbocycles. The summed E-state index contributed by atoms with van der Waals surface area (Å²) in [5.74, 6) is -2.94.